The van der Waals surface area contributed by atoms with Gasteiger partial charge in [0.1, 0.15) is 18.7 Å². The molecule has 1 saturated heterocycles. The van der Waals surface area contributed by atoms with Gasteiger partial charge in [-0.2, -0.15) is 0 Å². The highest BCUT2D eigenvalue weighted by Gasteiger charge is 2.22. The molecule has 0 aliphatic carbocycles. The van der Waals surface area contributed by atoms with Crippen molar-refractivity contribution in [2.75, 3.05) is 13.1 Å². The summed E-state index contributed by atoms with van der Waals surface area (Å²) in [5.41, 5.74) is 3.37. The molecule has 27 heavy (non-hydrogen) atoms. The third-order valence-corrected chi connectivity index (χ3v) is 4.95. The number of hydrogen-bond donors (Lipinski definition) is 0. The number of ether oxygens (including phenoxy) is 1. The molecule has 0 radical (unpaired) electrons. The molecule has 5 heteroatoms. The Morgan fingerprint density at radius 1 is 1.04 bits per heavy atom. The summed E-state index contributed by atoms with van der Waals surface area (Å²) in [4.78, 5) is 15.3. The molecule has 0 bridgehead atoms. The van der Waals surface area contributed by atoms with Crippen LogP contribution in [0.2, 0.25) is 0 Å². The maximum atomic E-state index is 5.91. The summed E-state index contributed by atoms with van der Waals surface area (Å²) in [6.45, 7) is 3.59. The first-order chi connectivity index (χ1) is 13.4. The van der Waals surface area contributed by atoms with Gasteiger partial charge in [0.05, 0.1) is 5.69 Å². The average Bonchev–Trinajstić information content (AvgIpc) is 2.74. The number of pyridine rings is 1. The minimum Gasteiger partial charge on any atom is -0.487 e. The van der Waals surface area contributed by atoms with Crippen molar-refractivity contribution >= 4 is 0 Å². The molecule has 0 saturated carbocycles. The second kappa shape index (κ2) is 8.73. The maximum absolute atomic E-state index is 5.91. The van der Waals surface area contributed by atoms with E-state index in [0.717, 1.165) is 36.8 Å². The fourth-order valence-electron chi connectivity index (χ4n) is 3.62. The van der Waals surface area contributed by atoms with Crippen LogP contribution in [0.5, 0.6) is 5.75 Å². The van der Waals surface area contributed by atoms with Crippen LogP contribution in [0.3, 0.4) is 0 Å². The number of likely N-dealkylation sites (tertiary alicyclic amines) is 1. The van der Waals surface area contributed by atoms with E-state index in [1.165, 1.54) is 18.4 Å². The molecule has 0 amide bonds. The van der Waals surface area contributed by atoms with Crippen LogP contribution in [-0.4, -0.2) is 32.9 Å². The summed E-state index contributed by atoms with van der Waals surface area (Å²) in [5, 5.41) is 0. The Kier molecular flexibility index (Phi) is 5.70. The Labute approximate surface area is 160 Å². The van der Waals surface area contributed by atoms with E-state index in [2.05, 4.69) is 38.1 Å². The Balaban J connectivity index is 1.36. The monoisotopic (exact) mass is 360 g/mol. The Morgan fingerprint density at radius 2 is 2.04 bits per heavy atom. The van der Waals surface area contributed by atoms with Crippen LogP contribution in [0.15, 0.2) is 67.3 Å². The highest BCUT2D eigenvalue weighted by molar-refractivity contribution is 5.28. The number of piperidine rings is 1. The molecule has 1 aliphatic heterocycles. The third-order valence-electron chi connectivity index (χ3n) is 4.95. The largest absolute Gasteiger partial charge is 0.487 e. The molecule has 1 fully saturated rings. The molecule has 3 aromatic rings. The second-order valence-corrected chi connectivity index (χ2v) is 6.97. The van der Waals surface area contributed by atoms with Gasteiger partial charge in [0.15, 0.2) is 0 Å². The van der Waals surface area contributed by atoms with E-state index in [1.54, 1.807) is 12.5 Å². The predicted molar refractivity (Wildman–Crippen MR) is 104 cm³/mol. The second-order valence-electron chi connectivity index (χ2n) is 6.97. The minimum atomic E-state index is 0.490. The van der Waals surface area contributed by atoms with Crippen LogP contribution in [0.1, 0.15) is 35.7 Å². The van der Waals surface area contributed by atoms with Crippen LogP contribution >= 0.6 is 0 Å². The zero-order valence-corrected chi connectivity index (χ0v) is 15.4. The lowest BCUT2D eigenvalue weighted by molar-refractivity contribution is 0.198. The Morgan fingerprint density at radius 3 is 2.89 bits per heavy atom. The third kappa shape index (κ3) is 4.89. The van der Waals surface area contributed by atoms with Gasteiger partial charge >= 0.3 is 0 Å². The van der Waals surface area contributed by atoms with E-state index >= 15 is 0 Å². The molecule has 138 valence electrons. The zero-order chi connectivity index (χ0) is 18.3. The molecule has 5 nitrogen and oxygen atoms in total. The highest BCUT2D eigenvalue weighted by Crippen LogP contribution is 2.26. The van der Waals surface area contributed by atoms with Crippen molar-refractivity contribution in [2.24, 2.45) is 0 Å². The van der Waals surface area contributed by atoms with E-state index in [-0.39, 0.29) is 0 Å². The normalized spacial score (nSPS) is 17.6. The summed E-state index contributed by atoms with van der Waals surface area (Å²) in [5.74, 6) is 1.38. The fourth-order valence-corrected chi connectivity index (χ4v) is 3.62. The van der Waals surface area contributed by atoms with Crippen LogP contribution in [0, 0.1) is 0 Å². The maximum Gasteiger partial charge on any atom is 0.130 e. The summed E-state index contributed by atoms with van der Waals surface area (Å²) < 4.78 is 5.91. The Hall–Kier alpha value is -2.79. The van der Waals surface area contributed by atoms with Crippen molar-refractivity contribution in [1.29, 1.82) is 0 Å². The van der Waals surface area contributed by atoms with Gasteiger partial charge in [-0.1, -0.05) is 18.2 Å². The molecule has 0 spiro atoms. The number of rotatable bonds is 6. The molecule has 1 atom stereocenters. The number of benzene rings is 1. The first-order valence-corrected chi connectivity index (χ1v) is 9.47. The molecule has 3 heterocycles. The van der Waals surface area contributed by atoms with Crippen molar-refractivity contribution in [3.8, 4) is 5.75 Å². The van der Waals surface area contributed by atoms with Gasteiger partial charge in [-0.25, -0.2) is 9.97 Å². The van der Waals surface area contributed by atoms with E-state index in [9.17, 15) is 0 Å². The van der Waals surface area contributed by atoms with E-state index in [1.807, 2.05) is 36.5 Å². The predicted octanol–water partition coefficient (Wildman–Crippen LogP) is 3.83. The average molecular weight is 360 g/mol. The van der Waals surface area contributed by atoms with Crippen molar-refractivity contribution in [3.05, 3.63) is 84.2 Å². The lowest BCUT2D eigenvalue weighted by Gasteiger charge is -2.32. The van der Waals surface area contributed by atoms with Crippen molar-refractivity contribution in [1.82, 2.24) is 19.9 Å². The molecule has 4 rings (SSSR count). The van der Waals surface area contributed by atoms with Gasteiger partial charge in [0, 0.05) is 37.1 Å². The van der Waals surface area contributed by atoms with Gasteiger partial charge in [-0.15, -0.1) is 0 Å². The lowest BCUT2D eigenvalue weighted by atomic mass is 9.94. The smallest absolute Gasteiger partial charge is 0.130 e. The molecule has 2 aromatic heterocycles. The van der Waals surface area contributed by atoms with Crippen LogP contribution < -0.4 is 4.74 Å². The van der Waals surface area contributed by atoms with Crippen molar-refractivity contribution in [2.45, 2.75) is 31.9 Å². The topological polar surface area (TPSA) is 51.1 Å². The van der Waals surface area contributed by atoms with E-state index in [4.69, 9.17) is 4.74 Å². The van der Waals surface area contributed by atoms with Gasteiger partial charge in [0.2, 0.25) is 0 Å². The number of nitrogens with zero attached hydrogens (tertiary/aromatic N) is 4. The first kappa shape index (κ1) is 17.6. The van der Waals surface area contributed by atoms with E-state index in [0.29, 0.717) is 12.5 Å². The van der Waals surface area contributed by atoms with Crippen molar-refractivity contribution < 1.29 is 4.74 Å². The quantitative estimate of drug-likeness (QED) is 0.669. The SMILES string of the molecule is c1ccc(COc2cccc(CN3CCC[C@H](c4ccncn4)C3)c2)nc1. The van der Waals surface area contributed by atoms with Crippen LogP contribution in [0.25, 0.3) is 0 Å². The molecule has 1 aromatic carbocycles. The summed E-state index contributed by atoms with van der Waals surface area (Å²) in [6.07, 6.45) is 7.67. The van der Waals surface area contributed by atoms with Gasteiger partial charge in [-0.3, -0.25) is 9.88 Å². The van der Waals surface area contributed by atoms with Crippen molar-refractivity contribution in [3.63, 3.8) is 0 Å². The zero-order valence-electron chi connectivity index (χ0n) is 15.4. The number of hydrogen-bond acceptors (Lipinski definition) is 5. The highest BCUT2D eigenvalue weighted by atomic mass is 16.5. The van der Waals surface area contributed by atoms with Crippen LogP contribution in [0.4, 0.5) is 0 Å². The summed E-state index contributed by atoms with van der Waals surface area (Å²) >= 11 is 0. The van der Waals surface area contributed by atoms with Gasteiger partial charge < -0.3 is 4.74 Å². The fraction of sp³-hybridized carbons (Fsp3) is 0.318. The molecular formula is C22H24N4O. The lowest BCUT2D eigenvalue weighted by Crippen LogP contribution is -2.34. The Bertz CT molecular complexity index is 841. The van der Waals surface area contributed by atoms with Gasteiger partial charge in [-0.05, 0) is 55.3 Å². The molecule has 0 N–H and O–H groups in total. The van der Waals surface area contributed by atoms with Crippen LogP contribution in [-0.2, 0) is 13.2 Å². The molecule has 0 unspecified atom stereocenters. The summed E-state index contributed by atoms with van der Waals surface area (Å²) in [7, 11) is 0. The molecular weight excluding hydrogens is 336 g/mol. The summed E-state index contributed by atoms with van der Waals surface area (Å²) in [6, 6.07) is 16.3. The first-order valence-electron chi connectivity index (χ1n) is 9.47. The minimum absolute atomic E-state index is 0.490. The van der Waals surface area contributed by atoms with E-state index < -0.39 is 0 Å². The standard InChI is InChI=1S/C22H24N4O/c1-2-10-24-20(7-1)16-27-21-8-3-5-18(13-21)14-26-12-4-6-19(15-26)22-9-11-23-17-25-22/h1-3,5,7-11,13,17,19H,4,6,12,14-16H2/t19-/m0/s1. The number of aromatic nitrogens is 3. The van der Waals surface area contributed by atoms with Gasteiger partial charge in [0.25, 0.3) is 0 Å². The molecule has 1 aliphatic rings.